The van der Waals surface area contributed by atoms with Gasteiger partial charge in [0.15, 0.2) is 0 Å². The number of aromatic nitrogens is 1. The summed E-state index contributed by atoms with van der Waals surface area (Å²) in [6.07, 6.45) is 5.47. The van der Waals surface area contributed by atoms with Crippen molar-refractivity contribution in [3.63, 3.8) is 0 Å². The number of aryl methyl sites for hydroxylation is 2. The second kappa shape index (κ2) is 4.01. The number of pyridine rings is 1. The molecule has 3 nitrogen and oxygen atoms in total. The predicted octanol–water partition coefficient (Wildman–Crippen LogP) is 2.41. The molecule has 0 spiro atoms. The Morgan fingerprint density at radius 3 is 2.59 bits per heavy atom. The van der Waals surface area contributed by atoms with Gasteiger partial charge in [0.2, 0.25) is 0 Å². The maximum Gasteiger partial charge on any atom is 0.119 e. The molecule has 0 radical (unpaired) electrons. The van der Waals surface area contributed by atoms with Gasteiger partial charge in [-0.1, -0.05) is 29.4 Å². The lowest BCUT2D eigenvalue weighted by atomic mass is 10.00. The van der Waals surface area contributed by atoms with Crippen LogP contribution in [-0.2, 0) is 12.8 Å². The highest BCUT2D eigenvalue weighted by atomic mass is 16.4. The van der Waals surface area contributed by atoms with Crippen LogP contribution in [0.25, 0.3) is 0 Å². The molecule has 1 aliphatic carbocycles. The molecule has 0 saturated carbocycles. The van der Waals surface area contributed by atoms with Crippen LogP contribution in [0.2, 0.25) is 0 Å². The maximum atomic E-state index is 9.27. The maximum absolute atomic E-state index is 9.27. The van der Waals surface area contributed by atoms with Crippen LogP contribution in [0.4, 0.5) is 0 Å². The van der Waals surface area contributed by atoms with Crippen molar-refractivity contribution < 1.29 is 5.21 Å². The smallest absolute Gasteiger partial charge is 0.119 e. The van der Waals surface area contributed by atoms with E-state index in [2.05, 4.69) is 16.2 Å². The molecule has 2 aromatic rings. The van der Waals surface area contributed by atoms with E-state index < -0.39 is 0 Å². The van der Waals surface area contributed by atoms with Crippen molar-refractivity contribution in [3.8, 4) is 0 Å². The van der Waals surface area contributed by atoms with Gasteiger partial charge in [0.05, 0.1) is 0 Å². The highest BCUT2D eigenvalue weighted by Gasteiger charge is 2.19. The first-order valence-corrected chi connectivity index (χ1v) is 5.64. The molecule has 3 rings (SSSR count). The van der Waals surface area contributed by atoms with Gasteiger partial charge in [0.1, 0.15) is 5.71 Å². The highest BCUT2D eigenvalue weighted by molar-refractivity contribution is 6.14. The fourth-order valence-electron chi connectivity index (χ4n) is 2.35. The molecular weight excluding hydrogens is 212 g/mol. The lowest BCUT2D eigenvalue weighted by Crippen LogP contribution is -2.06. The average molecular weight is 224 g/mol. The number of nitrogens with zero attached hydrogens (tertiary/aromatic N) is 2. The van der Waals surface area contributed by atoms with Crippen LogP contribution in [0.1, 0.15) is 22.3 Å². The van der Waals surface area contributed by atoms with Crippen LogP contribution in [0.5, 0.6) is 0 Å². The summed E-state index contributed by atoms with van der Waals surface area (Å²) < 4.78 is 0. The lowest BCUT2D eigenvalue weighted by Gasteiger charge is -2.07. The Balaban J connectivity index is 2.27. The third kappa shape index (κ3) is 1.60. The number of fused-ring (bicyclic) bond motifs is 2. The second-order valence-corrected chi connectivity index (χ2v) is 4.14. The van der Waals surface area contributed by atoms with Crippen LogP contribution in [0.15, 0.2) is 47.9 Å². The Hall–Kier alpha value is -2.16. The van der Waals surface area contributed by atoms with Crippen molar-refractivity contribution in [1.29, 1.82) is 0 Å². The molecule has 0 bridgehead atoms. The first-order chi connectivity index (χ1) is 8.40. The quantitative estimate of drug-likeness (QED) is 0.551. The third-order valence-corrected chi connectivity index (χ3v) is 3.20. The summed E-state index contributed by atoms with van der Waals surface area (Å²) in [4.78, 5) is 4.12. The lowest BCUT2D eigenvalue weighted by molar-refractivity contribution is 0.319. The van der Waals surface area contributed by atoms with Crippen molar-refractivity contribution in [2.24, 2.45) is 5.16 Å². The summed E-state index contributed by atoms with van der Waals surface area (Å²) in [6, 6.07) is 10.0. The van der Waals surface area contributed by atoms with Crippen molar-refractivity contribution in [1.82, 2.24) is 4.98 Å². The van der Waals surface area contributed by atoms with E-state index in [-0.39, 0.29) is 0 Å². The average Bonchev–Trinajstić information content (AvgIpc) is 2.55. The van der Waals surface area contributed by atoms with E-state index in [9.17, 15) is 5.21 Å². The molecular formula is C14H12N2O. The third-order valence-electron chi connectivity index (χ3n) is 3.20. The number of hydrogen-bond acceptors (Lipinski definition) is 3. The largest absolute Gasteiger partial charge is 0.410 e. The van der Waals surface area contributed by atoms with Crippen molar-refractivity contribution in [2.45, 2.75) is 12.8 Å². The Kier molecular flexibility index (Phi) is 2.37. The standard InChI is InChI=1S/C14H12N2O/c17-16-14-12-4-2-1-3-10(12)5-6-11-7-8-15-9-13(11)14/h1-4,7-9,17H,5-6H2/b16-14-. The minimum atomic E-state index is 0.626. The summed E-state index contributed by atoms with van der Waals surface area (Å²) in [5.74, 6) is 0. The van der Waals surface area contributed by atoms with E-state index >= 15 is 0 Å². The molecule has 3 heteroatoms. The number of hydrogen-bond donors (Lipinski definition) is 1. The number of rotatable bonds is 0. The van der Waals surface area contributed by atoms with Gasteiger partial charge in [-0.3, -0.25) is 4.98 Å². The number of benzene rings is 1. The van der Waals surface area contributed by atoms with Gasteiger partial charge in [-0.05, 0) is 30.0 Å². The molecule has 84 valence electrons. The Morgan fingerprint density at radius 2 is 1.76 bits per heavy atom. The fourth-order valence-corrected chi connectivity index (χ4v) is 2.35. The molecule has 1 aliphatic rings. The summed E-state index contributed by atoms with van der Waals surface area (Å²) in [7, 11) is 0. The van der Waals surface area contributed by atoms with E-state index in [1.165, 1.54) is 11.1 Å². The summed E-state index contributed by atoms with van der Waals surface area (Å²) in [5, 5.41) is 12.7. The van der Waals surface area contributed by atoms with E-state index in [4.69, 9.17) is 0 Å². The van der Waals surface area contributed by atoms with Gasteiger partial charge < -0.3 is 5.21 Å². The minimum absolute atomic E-state index is 0.626. The normalized spacial score (nSPS) is 16.1. The molecule has 0 atom stereocenters. The first-order valence-electron chi connectivity index (χ1n) is 5.64. The summed E-state index contributed by atoms with van der Waals surface area (Å²) in [6.45, 7) is 0. The molecule has 0 unspecified atom stereocenters. The fraction of sp³-hybridized carbons (Fsp3) is 0.143. The Labute approximate surface area is 99.4 Å². The topological polar surface area (TPSA) is 45.5 Å². The molecule has 0 aliphatic heterocycles. The molecule has 1 aromatic carbocycles. The van der Waals surface area contributed by atoms with Crippen LogP contribution >= 0.6 is 0 Å². The second-order valence-electron chi connectivity index (χ2n) is 4.14. The molecule has 1 aromatic heterocycles. The molecule has 0 saturated heterocycles. The van der Waals surface area contributed by atoms with Gasteiger partial charge in [0.25, 0.3) is 0 Å². The van der Waals surface area contributed by atoms with Crippen LogP contribution in [0, 0.1) is 0 Å². The van der Waals surface area contributed by atoms with Gasteiger partial charge in [0, 0.05) is 23.5 Å². The SMILES string of the molecule is O/N=C1/c2ccccc2CCc2ccncc21. The molecule has 1 N–H and O–H groups in total. The van der Waals surface area contributed by atoms with Crippen LogP contribution in [0.3, 0.4) is 0 Å². The van der Waals surface area contributed by atoms with E-state index in [1.807, 2.05) is 24.3 Å². The van der Waals surface area contributed by atoms with Gasteiger partial charge >= 0.3 is 0 Å². The summed E-state index contributed by atoms with van der Waals surface area (Å²) in [5.41, 5.74) is 4.96. The van der Waals surface area contributed by atoms with Crippen LogP contribution in [-0.4, -0.2) is 15.9 Å². The molecule has 17 heavy (non-hydrogen) atoms. The Morgan fingerprint density at radius 1 is 1.00 bits per heavy atom. The minimum Gasteiger partial charge on any atom is -0.410 e. The monoisotopic (exact) mass is 224 g/mol. The zero-order chi connectivity index (χ0) is 11.7. The van der Waals surface area contributed by atoms with Gasteiger partial charge in [-0.15, -0.1) is 0 Å². The van der Waals surface area contributed by atoms with E-state index in [1.54, 1.807) is 12.4 Å². The van der Waals surface area contributed by atoms with Gasteiger partial charge in [-0.2, -0.15) is 0 Å². The molecule has 0 fully saturated rings. The molecule has 1 heterocycles. The van der Waals surface area contributed by atoms with Gasteiger partial charge in [-0.25, -0.2) is 0 Å². The molecule has 0 amide bonds. The van der Waals surface area contributed by atoms with Crippen LogP contribution < -0.4 is 0 Å². The zero-order valence-corrected chi connectivity index (χ0v) is 9.30. The van der Waals surface area contributed by atoms with Crippen molar-refractivity contribution in [2.75, 3.05) is 0 Å². The van der Waals surface area contributed by atoms with E-state index in [0.29, 0.717) is 5.71 Å². The highest BCUT2D eigenvalue weighted by Crippen LogP contribution is 2.24. The predicted molar refractivity (Wildman–Crippen MR) is 65.5 cm³/mol. The number of oxime groups is 1. The van der Waals surface area contributed by atoms with Crippen molar-refractivity contribution in [3.05, 3.63) is 65.0 Å². The van der Waals surface area contributed by atoms with E-state index in [0.717, 1.165) is 24.0 Å². The summed E-state index contributed by atoms with van der Waals surface area (Å²) >= 11 is 0. The Bertz CT molecular complexity index is 541. The zero-order valence-electron chi connectivity index (χ0n) is 9.30. The first kappa shape index (κ1) is 10.0. The van der Waals surface area contributed by atoms with Crippen molar-refractivity contribution >= 4 is 5.71 Å².